The zero-order chi connectivity index (χ0) is 12.3. The van der Waals surface area contributed by atoms with Gasteiger partial charge in [-0.25, -0.2) is 0 Å². The molecule has 0 unspecified atom stereocenters. The molecule has 1 aromatic heterocycles. The summed E-state index contributed by atoms with van der Waals surface area (Å²) in [6, 6.07) is 7.75. The Balaban J connectivity index is 1.99. The first-order chi connectivity index (χ1) is 8.16. The quantitative estimate of drug-likeness (QED) is 0.947. The van der Waals surface area contributed by atoms with Crippen molar-refractivity contribution in [3.8, 4) is 0 Å². The van der Waals surface area contributed by atoms with Crippen molar-refractivity contribution in [2.24, 2.45) is 0 Å². The maximum atomic E-state index is 11.7. The number of rotatable bonds is 3. The van der Waals surface area contributed by atoms with Crippen molar-refractivity contribution in [3.05, 3.63) is 51.8 Å². The molecule has 1 aromatic carbocycles. The van der Waals surface area contributed by atoms with Crippen LogP contribution in [0.25, 0.3) is 0 Å². The van der Waals surface area contributed by atoms with E-state index in [0.717, 1.165) is 15.6 Å². The van der Waals surface area contributed by atoms with Gasteiger partial charge >= 0.3 is 0 Å². The van der Waals surface area contributed by atoms with Crippen LogP contribution < -0.4 is 5.32 Å². The maximum Gasteiger partial charge on any atom is 0.290 e. The molecule has 4 nitrogen and oxygen atoms in total. The normalized spacial score (nSPS) is 10.2. The predicted octanol–water partition coefficient (Wildman–Crippen LogP) is 2.68. The second-order valence-electron chi connectivity index (χ2n) is 3.65. The molecule has 88 valence electrons. The highest BCUT2D eigenvalue weighted by atomic mass is 79.9. The minimum atomic E-state index is -0.250. The Kier molecular flexibility index (Phi) is 3.58. The van der Waals surface area contributed by atoms with Crippen molar-refractivity contribution in [2.75, 3.05) is 0 Å². The van der Waals surface area contributed by atoms with Crippen molar-refractivity contribution in [1.82, 2.24) is 10.5 Å². The SMILES string of the molecule is Cc1cnoc1C(=O)NCc1cccc(Br)c1. The zero-order valence-corrected chi connectivity index (χ0v) is 10.8. The Labute approximate surface area is 107 Å². The smallest absolute Gasteiger partial charge is 0.290 e. The number of nitrogens with one attached hydrogen (secondary N) is 1. The lowest BCUT2D eigenvalue weighted by Crippen LogP contribution is -2.22. The number of amides is 1. The fourth-order valence-corrected chi connectivity index (χ4v) is 1.87. The molecule has 2 aromatic rings. The molecule has 1 amide bonds. The van der Waals surface area contributed by atoms with Crippen molar-refractivity contribution in [3.63, 3.8) is 0 Å². The van der Waals surface area contributed by atoms with Crippen molar-refractivity contribution in [1.29, 1.82) is 0 Å². The van der Waals surface area contributed by atoms with Crippen LogP contribution in [0.15, 0.2) is 39.5 Å². The van der Waals surface area contributed by atoms with Gasteiger partial charge < -0.3 is 9.84 Å². The van der Waals surface area contributed by atoms with Gasteiger partial charge in [0.15, 0.2) is 0 Å². The van der Waals surface area contributed by atoms with Gasteiger partial charge in [-0.3, -0.25) is 4.79 Å². The summed E-state index contributed by atoms with van der Waals surface area (Å²) in [4.78, 5) is 11.7. The van der Waals surface area contributed by atoms with Crippen LogP contribution in [-0.2, 0) is 6.54 Å². The average Bonchev–Trinajstić information content (AvgIpc) is 2.72. The van der Waals surface area contributed by atoms with E-state index < -0.39 is 0 Å². The predicted molar refractivity (Wildman–Crippen MR) is 66.6 cm³/mol. The molecule has 0 atom stereocenters. The third kappa shape index (κ3) is 2.94. The molecule has 0 bridgehead atoms. The van der Waals surface area contributed by atoms with Crippen LogP contribution in [0.3, 0.4) is 0 Å². The fraction of sp³-hybridized carbons (Fsp3) is 0.167. The first kappa shape index (κ1) is 11.9. The number of aryl methyl sites for hydroxylation is 1. The monoisotopic (exact) mass is 294 g/mol. The van der Waals surface area contributed by atoms with E-state index in [1.54, 1.807) is 6.92 Å². The Morgan fingerprint density at radius 2 is 2.35 bits per heavy atom. The average molecular weight is 295 g/mol. The fourth-order valence-electron chi connectivity index (χ4n) is 1.42. The highest BCUT2D eigenvalue weighted by Gasteiger charge is 2.13. The van der Waals surface area contributed by atoms with E-state index in [2.05, 4.69) is 26.4 Å². The van der Waals surface area contributed by atoms with Crippen LogP contribution in [0.2, 0.25) is 0 Å². The second-order valence-corrected chi connectivity index (χ2v) is 4.57. The summed E-state index contributed by atoms with van der Waals surface area (Å²) >= 11 is 3.38. The molecule has 0 radical (unpaired) electrons. The van der Waals surface area contributed by atoms with Crippen LogP contribution in [-0.4, -0.2) is 11.1 Å². The molecular formula is C12H11BrN2O2. The molecule has 0 aliphatic rings. The van der Waals surface area contributed by atoms with Crippen LogP contribution in [0.5, 0.6) is 0 Å². The van der Waals surface area contributed by atoms with Gasteiger partial charge in [-0.1, -0.05) is 33.2 Å². The van der Waals surface area contributed by atoms with Gasteiger partial charge in [0.05, 0.1) is 6.20 Å². The summed E-state index contributed by atoms with van der Waals surface area (Å²) in [5.74, 6) is 0.0139. The molecule has 0 fully saturated rings. The van der Waals surface area contributed by atoms with Crippen molar-refractivity contribution in [2.45, 2.75) is 13.5 Å². The molecule has 17 heavy (non-hydrogen) atoms. The highest BCUT2D eigenvalue weighted by molar-refractivity contribution is 9.10. The van der Waals surface area contributed by atoms with Crippen molar-refractivity contribution < 1.29 is 9.32 Å². The topological polar surface area (TPSA) is 55.1 Å². The van der Waals surface area contributed by atoms with Crippen LogP contribution in [0.4, 0.5) is 0 Å². The van der Waals surface area contributed by atoms with E-state index in [1.165, 1.54) is 6.20 Å². The van der Waals surface area contributed by atoms with Gasteiger partial charge in [0.2, 0.25) is 5.76 Å². The number of carbonyl (C=O) groups is 1. The summed E-state index contributed by atoms with van der Waals surface area (Å²) in [6.45, 7) is 2.24. The number of benzene rings is 1. The standard InChI is InChI=1S/C12H11BrN2O2/c1-8-6-15-17-11(8)12(16)14-7-9-3-2-4-10(13)5-9/h2-6H,7H2,1H3,(H,14,16). The Morgan fingerprint density at radius 1 is 1.53 bits per heavy atom. The zero-order valence-electron chi connectivity index (χ0n) is 9.24. The van der Waals surface area contributed by atoms with Crippen molar-refractivity contribution >= 4 is 21.8 Å². The summed E-state index contributed by atoms with van der Waals surface area (Å²) in [6.07, 6.45) is 1.52. The van der Waals surface area contributed by atoms with Gasteiger partial charge in [-0.2, -0.15) is 0 Å². The van der Waals surface area contributed by atoms with E-state index in [0.29, 0.717) is 6.54 Å². The number of carbonyl (C=O) groups excluding carboxylic acids is 1. The summed E-state index contributed by atoms with van der Waals surface area (Å²) in [7, 11) is 0. The van der Waals surface area contributed by atoms with Gasteiger partial charge in [0, 0.05) is 16.6 Å². The summed E-state index contributed by atoms with van der Waals surface area (Å²) in [5, 5.41) is 6.34. The molecule has 1 heterocycles. The summed E-state index contributed by atoms with van der Waals surface area (Å²) < 4.78 is 5.85. The summed E-state index contributed by atoms with van der Waals surface area (Å²) in [5.41, 5.74) is 1.75. The molecule has 0 aliphatic carbocycles. The van der Waals surface area contributed by atoms with Gasteiger partial charge in [0.25, 0.3) is 5.91 Å². The number of halogens is 1. The minimum Gasteiger partial charge on any atom is -0.351 e. The number of aromatic nitrogens is 1. The molecule has 2 rings (SSSR count). The lowest BCUT2D eigenvalue weighted by atomic mass is 10.2. The number of nitrogens with zero attached hydrogens (tertiary/aromatic N) is 1. The first-order valence-electron chi connectivity index (χ1n) is 5.11. The second kappa shape index (κ2) is 5.14. The molecule has 0 saturated heterocycles. The van der Waals surface area contributed by atoms with Gasteiger partial charge in [-0.05, 0) is 24.6 Å². The van der Waals surface area contributed by atoms with Gasteiger partial charge in [-0.15, -0.1) is 0 Å². The van der Waals surface area contributed by atoms with Crippen LogP contribution in [0, 0.1) is 6.92 Å². The van der Waals surface area contributed by atoms with Crippen LogP contribution in [0.1, 0.15) is 21.7 Å². The molecule has 0 spiro atoms. The Hall–Kier alpha value is -1.62. The van der Waals surface area contributed by atoms with E-state index in [4.69, 9.17) is 4.52 Å². The maximum absolute atomic E-state index is 11.7. The van der Waals surface area contributed by atoms with E-state index in [9.17, 15) is 4.79 Å². The lowest BCUT2D eigenvalue weighted by Gasteiger charge is -2.03. The Morgan fingerprint density at radius 3 is 3.00 bits per heavy atom. The van der Waals surface area contributed by atoms with Crippen LogP contribution >= 0.6 is 15.9 Å². The van der Waals surface area contributed by atoms with Gasteiger partial charge in [0.1, 0.15) is 0 Å². The first-order valence-corrected chi connectivity index (χ1v) is 5.90. The number of hydrogen-bond acceptors (Lipinski definition) is 3. The molecular weight excluding hydrogens is 284 g/mol. The van der Waals surface area contributed by atoms with E-state index in [-0.39, 0.29) is 11.7 Å². The third-order valence-electron chi connectivity index (χ3n) is 2.30. The molecule has 0 saturated carbocycles. The Bertz CT molecular complexity index is 537. The van der Waals surface area contributed by atoms with E-state index in [1.807, 2.05) is 24.3 Å². The largest absolute Gasteiger partial charge is 0.351 e. The minimum absolute atomic E-state index is 0.250. The molecule has 1 N–H and O–H groups in total. The number of hydrogen-bond donors (Lipinski definition) is 1. The third-order valence-corrected chi connectivity index (χ3v) is 2.79. The highest BCUT2D eigenvalue weighted by Crippen LogP contribution is 2.12. The van der Waals surface area contributed by atoms with E-state index >= 15 is 0 Å². The lowest BCUT2D eigenvalue weighted by molar-refractivity contribution is 0.0913. The molecule has 5 heteroatoms. The molecule has 0 aliphatic heterocycles.